The molecule has 1 aliphatic carbocycles. The Labute approximate surface area is 216 Å². The number of rotatable bonds is 6. The fraction of sp³-hybridized carbons (Fsp3) is 0.321. The van der Waals surface area contributed by atoms with E-state index in [1.54, 1.807) is 24.3 Å². The third kappa shape index (κ3) is 4.57. The molecule has 1 saturated carbocycles. The molecule has 186 valence electrons. The Morgan fingerprint density at radius 2 is 1.97 bits per heavy atom. The van der Waals surface area contributed by atoms with Crippen molar-refractivity contribution in [1.29, 1.82) is 0 Å². The number of carbonyl (C=O) groups is 2. The molecule has 3 aromatic rings. The lowest BCUT2D eigenvalue weighted by molar-refractivity contribution is -0.132. The Morgan fingerprint density at radius 3 is 2.64 bits per heavy atom. The Hall–Kier alpha value is -3.39. The van der Waals surface area contributed by atoms with Crippen molar-refractivity contribution < 1.29 is 19.1 Å². The molecule has 0 saturated heterocycles. The van der Waals surface area contributed by atoms with Crippen molar-refractivity contribution in [3.63, 3.8) is 0 Å². The SMILES string of the molecule is Cc1cc([C@@H](C)Nc2ccccc2C(=O)O)c2oc(C3=CCN(C(=O)C4CC4)CC3)c(Br)c(=O)c2c1. The van der Waals surface area contributed by atoms with Gasteiger partial charge in [-0.15, -0.1) is 0 Å². The van der Waals surface area contributed by atoms with Crippen LogP contribution < -0.4 is 10.7 Å². The first-order chi connectivity index (χ1) is 17.2. The van der Waals surface area contributed by atoms with Gasteiger partial charge in [-0.25, -0.2) is 4.79 Å². The topological polar surface area (TPSA) is 99.8 Å². The van der Waals surface area contributed by atoms with Crippen LogP contribution in [0.4, 0.5) is 5.69 Å². The van der Waals surface area contributed by atoms with Crippen LogP contribution in [0.3, 0.4) is 0 Å². The molecule has 36 heavy (non-hydrogen) atoms. The van der Waals surface area contributed by atoms with Gasteiger partial charge in [-0.05, 0) is 78.4 Å². The lowest BCUT2D eigenvalue weighted by Crippen LogP contribution is -2.35. The summed E-state index contributed by atoms with van der Waals surface area (Å²) in [5.41, 5.74) is 3.52. The maximum absolute atomic E-state index is 13.4. The third-order valence-electron chi connectivity index (χ3n) is 6.84. The summed E-state index contributed by atoms with van der Waals surface area (Å²) in [6.07, 6.45) is 4.52. The molecule has 1 aromatic heterocycles. The largest absolute Gasteiger partial charge is 0.478 e. The maximum atomic E-state index is 13.4. The molecule has 5 rings (SSSR count). The fourth-order valence-electron chi connectivity index (χ4n) is 4.75. The van der Waals surface area contributed by atoms with E-state index in [0.29, 0.717) is 46.4 Å². The zero-order valence-corrected chi connectivity index (χ0v) is 21.7. The van der Waals surface area contributed by atoms with E-state index >= 15 is 0 Å². The number of hydrogen-bond donors (Lipinski definition) is 2. The number of para-hydroxylation sites is 1. The summed E-state index contributed by atoms with van der Waals surface area (Å²) in [5.74, 6) is -0.148. The van der Waals surface area contributed by atoms with Gasteiger partial charge in [0.15, 0.2) is 0 Å². The van der Waals surface area contributed by atoms with Gasteiger partial charge in [0.05, 0.1) is 17.0 Å². The van der Waals surface area contributed by atoms with Crippen molar-refractivity contribution in [1.82, 2.24) is 4.90 Å². The minimum atomic E-state index is -1.02. The zero-order chi connectivity index (χ0) is 25.6. The second kappa shape index (κ2) is 9.58. The summed E-state index contributed by atoms with van der Waals surface area (Å²) in [7, 11) is 0. The summed E-state index contributed by atoms with van der Waals surface area (Å²) >= 11 is 3.47. The van der Waals surface area contributed by atoms with Crippen LogP contribution in [0.25, 0.3) is 16.5 Å². The molecule has 0 spiro atoms. The zero-order valence-electron chi connectivity index (χ0n) is 20.1. The summed E-state index contributed by atoms with van der Waals surface area (Å²) in [4.78, 5) is 39.4. The molecule has 2 heterocycles. The second-order valence-electron chi connectivity index (χ2n) is 9.56. The van der Waals surface area contributed by atoms with E-state index < -0.39 is 5.97 Å². The molecule has 1 amide bonds. The number of carboxylic acid groups (broad SMARTS) is 1. The molecule has 1 atom stereocenters. The van der Waals surface area contributed by atoms with E-state index in [2.05, 4.69) is 21.2 Å². The second-order valence-corrected chi connectivity index (χ2v) is 10.4. The van der Waals surface area contributed by atoms with Crippen LogP contribution >= 0.6 is 15.9 Å². The number of halogens is 1. The van der Waals surface area contributed by atoms with Crippen molar-refractivity contribution in [3.05, 3.63) is 79.6 Å². The summed E-state index contributed by atoms with van der Waals surface area (Å²) in [6.45, 7) is 4.93. The number of anilines is 1. The number of hydrogen-bond acceptors (Lipinski definition) is 5. The van der Waals surface area contributed by atoms with Crippen molar-refractivity contribution in [2.45, 2.75) is 39.2 Å². The van der Waals surface area contributed by atoms with Crippen molar-refractivity contribution in [2.75, 3.05) is 18.4 Å². The minimum Gasteiger partial charge on any atom is -0.478 e. The summed E-state index contributed by atoms with van der Waals surface area (Å²) < 4.78 is 6.79. The Bertz CT molecular complexity index is 1470. The Kier molecular flexibility index (Phi) is 6.47. The predicted molar refractivity (Wildman–Crippen MR) is 142 cm³/mol. The molecule has 1 fully saturated rings. The van der Waals surface area contributed by atoms with Crippen LogP contribution in [0, 0.1) is 12.8 Å². The lowest BCUT2D eigenvalue weighted by Gasteiger charge is -2.26. The number of aromatic carboxylic acids is 1. The average Bonchev–Trinajstić information content (AvgIpc) is 3.71. The molecular formula is C28H27BrN2O5. The smallest absolute Gasteiger partial charge is 0.337 e. The normalized spacial score (nSPS) is 16.5. The van der Waals surface area contributed by atoms with E-state index in [9.17, 15) is 19.5 Å². The first-order valence-electron chi connectivity index (χ1n) is 12.1. The van der Waals surface area contributed by atoms with Crippen LogP contribution in [0.15, 0.2) is 56.2 Å². The predicted octanol–water partition coefficient (Wildman–Crippen LogP) is 5.76. The Balaban J connectivity index is 1.54. The van der Waals surface area contributed by atoms with Gasteiger partial charge in [-0.3, -0.25) is 9.59 Å². The number of aryl methyl sites for hydroxylation is 1. The molecule has 2 aromatic carbocycles. The molecule has 0 radical (unpaired) electrons. The quantitative estimate of drug-likeness (QED) is 0.404. The van der Waals surface area contributed by atoms with Crippen molar-refractivity contribution in [3.8, 4) is 0 Å². The molecule has 8 heteroatoms. The highest BCUT2D eigenvalue weighted by Crippen LogP contribution is 2.36. The molecule has 0 bridgehead atoms. The Morgan fingerprint density at radius 1 is 1.22 bits per heavy atom. The van der Waals surface area contributed by atoms with Crippen LogP contribution in [0.2, 0.25) is 0 Å². The summed E-state index contributed by atoms with van der Waals surface area (Å²) in [6, 6.07) is 10.2. The molecule has 7 nitrogen and oxygen atoms in total. The van der Waals surface area contributed by atoms with E-state index in [1.807, 2.05) is 37.0 Å². The van der Waals surface area contributed by atoms with Crippen LogP contribution in [0.1, 0.15) is 59.5 Å². The molecule has 1 aliphatic heterocycles. The van der Waals surface area contributed by atoms with Gasteiger partial charge < -0.3 is 19.7 Å². The monoisotopic (exact) mass is 550 g/mol. The number of nitrogens with zero attached hydrogens (tertiary/aromatic N) is 1. The fourth-order valence-corrected chi connectivity index (χ4v) is 5.30. The number of benzene rings is 2. The first-order valence-corrected chi connectivity index (χ1v) is 12.9. The molecule has 2 N–H and O–H groups in total. The van der Waals surface area contributed by atoms with Crippen molar-refractivity contribution >= 4 is 50.0 Å². The van der Waals surface area contributed by atoms with E-state index in [0.717, 1.165) is 29.5 Å². The first kappa shape index (κ1) is 24.3. The average molecular weight is 551 g/mol. The third-order valence-corrected chi connectivity index (χ3v) is 7.56. The van der Waals surface area contributed by atoms with Gasteiger partial charge in [0.1, 0.15) is 15.8 Å². The van der Waals surface area contributed by atoms with Gasteiger partial charge in [-0.1, -0.05) is 24.3 Å². The summed E-state index contributed by atoms with van der Waals surface area (Å²) in [5, 5.41) is 13.3. The maximum Gasteiger partial charge on any atom is 0.337 e. The van der Waals surface area contributed by atoms with Crippen LogP contribution in [-0.4, -0.2) is 35.0 Å². The number of carbonyl (C=O) groups excluding carboxylic acids is 1. The lowest BCUT2D eigenvalue weighted by atomic mass is 9.99. The number of amides is 1. The highest BCUT2D eigenvalue weighted by Gasteiger charge is 2.34. The highest BCUT2D eigenvalue weighted by molar-refractivity contribution is 9.10. The number of nitrogens with one attached hydrogen (secondary N) is 1. The van der Waals surface area contributed by atoms with Gasteiger partial charge in [0, 0.05) is 30.3 Å². The van der Waals surface area contributed by atoms with Crippen LogP contribution in [0.5, 0.6) is 0 Å². The number of fused-ring (bicyclic) bond motifs is 1. The van der Waals surface area contributed by atoms with Gasteiger partial charge in [0.25, 0.3) is 0 Å². The van der Waals surface area contributed by atoms with Gasteiger partial charge in [0.2, 0.25) is 11.3 Å². The number of carboxylic acids is 1. The molecule has 0 unspecified atom stereocenters. The van der Waals surface area contributed by atoms with Gasteiger partial charge >= 0.3 is 5.97 Å². The van der Waals surface area contributed by atoms with Crippen molar-refractivity contribution in [2.24, 2.45) is 5.92 Å². The van der Waals surface area contributed by atoms with Crippen LogP contribution in [-0.2, 0) is 4.79 Å². The van der Waals surface area contributed by atoms with E-state index in [-0.39, 0.29) is 28.9 Å². The minimum absolute atomic E-state index is 0.160. The molecular weight excluding hydrogens is 524 g/mol. The molecule has 2 aliphatic rings. The van der Waals surface area contributed by atoms with E-state index in [1.165, 1.54) is 0 Å². The standard InChI is InChI=1S/C28H27BrN2O5/c1-15-13-20(16(2)30-22-6-4-3-5-19(22)28(34)35)26-21(14-15)24(32)23(29)25(36-26)17-9-11-31(12-10-17)27(33)18-7-8-18/h3-6,9,13-14,16,18,30H,7-8,10-12H2,1-2H3,(H,34,35)/t16-/m1/s1. The van der Waals surface area contributed by atoms with Gasteiger partial charge in [-0.2, -0.15) is 0 Å². The highest BCUT2D eigenvalue weighted by atomic mass is 79.9. The van der Waals surface area contributed by atoms with E-state index in [4.69, 9.17) is 4.42 Å².